The van der Waals surface area contributed by atoms with E-state index in [2.05, 4.69) is 19.2 Å². The molecular weight excluding hydrogens is 262 g/mol. The van der Waals surface area contributed by atoms with Crippen LogP contribution in [0.4, 0.5) is 0 Å². The van der Waals surface area contributed by atoms with E-state index in [4.69, 9.17) is 5.73 Å². The van der Waals surface area contributed by atoms with Crippen LogP contribution in [-0.4, -0.2) is 46.5 Å². The van der Waals surface area contributed by atoms with Gasteiger partial charge < -0.3 is 10.6 Å². The van der Waals surface area contributed by atoms with Crippen LogP contribution in [0.1, 0.15) is 33.1 Å². The van der Waals surface area contributed by atoms with Gasteiger partial charge in [0.15, 0.2) is 0 Å². The van der Waals surface area contributed by atoms with E-state index in [-0.39, 0.29) is 22.7 Å². The number of carbonyl (C=O) groups excluding carboxylic acids is 2. The summed E-state index contributed by atoms with van der Waals surface area (Å²) >= 11 is 1.78. The van der Waals surface area contributed by atoms with Crippen LogP contribution in [0.25, 0.3) is 0 Å². The van der Waals surface area contributed by atoms with Gasteiger partial charge in [-0.3, -0.25) is 14.9 Å². The molecule has 2 fully saturated rings. The van der Waals surface area contributed by atoms with Crippen LogP contribution in [0.3, 0.4) is 0 Å². The predicted octanol–water partition coefficient (Wildman–Crippen LogP) is 0.542. The number of rotatable bonds is 3. The third kappa shape index (κ3) is 3.42. The van der Waals surface area contributed by atoms with Crippen molar-refractivity contribution >= 4 is 23.6 Å². The van der Waals surface area contributed by atoms with Crippen molar-refractivity contribution in [2.75, 3.05) is 18.8 Å². The highest BCUT2D eigenvalue weighted by molar-refractivity contribution is 8.01. The molecule has 2 aliphatic heterocycles. The summed E-state index contributed by atoms with van der Waals surface area (Å²) in [6, 6.07) is -0.220. The number of nitrogens with one attached hydrogen (secondary N) is 1. The molecule has 0 radical (unpaired) electrons. The van der Waals surface area contributed by atoms with Crippen molar-refractivity contribution in [1.29, 1.82) is 0 Å². The molecule has 0 bridgehead atoms. The van der Waals surface area contributed by atoms with Crippen molar-refractivity contribution in [3.05, 3.63) is 0 Å². The molecule has 0 aromatic carbocycles. The molecule has 0 aromatic rings. The Morgan fingerprint density at radius 3 is 2.53 bits per heavy atom. The highest BCUT2D eigenvalue weighted by Gasteiger charge is 2.43. The fourth-order valence-corrected chi connectivity index (χ4v) is 4.11. The Morgan fingerprint density at radius 1 is 1.42 bits per heavy atom. The van der Waals surface area contributed by atoms with Crippen molar-refractivity contribution in [2.24, 2.45) is 11.7 Å². The lowest BCUT2D eigenvalue weighted by Crippen LogP contribution is -2.53. The Bertz CT molecular complexity index is 365. The zero-order chi connectivity index (χ0) is 14.0. The maximum Gasteiger partial charge on any atom is 0.235 e. The van der Waals surface area contributed by atoms with E-state index < -0.39 is 0 Å². The largest absolute Gasteiger partial charge is 0.368 e. The lowest BCUT2D eigenvalue weighted by Gasteiger charge is -2.39. The monoisotopic (exact) mass is 285 g/mol. The fraction of sp³-hybridized carbons (Fsp3) is 0.846. The topological polar surface area (TPSA) is 75.4 Å². The fourth-order valence-electron chi connectivity index (χ4n) is 2.68. The van der Waals surface area contributed by atoms with Crippen molar-refractivity contribution in [3.8, 4) is 0 Å². The van der Waals surface area contributed by atoms with Gasteiger partial charge in [-0.1, -0.05) is 13.8 Å². The summed E-state index contributed by atoms with van der Waals surface area (Å²) in [5, 5.41) is 3.36. The number of carbonyl (C=O) groups is 2. The molecule has 19 heavy (non-hydrogen) atoms. The molecule has 2 rings (SSSR count). The number of primary amides is 1. The molecule has 0 aliphatic carbocycles. The summed E-state index contributed by atoms with van der Waals surface area (Å²) in [6.45, 7) is 5.68. The van der Waals surface area contributed by atoms with Crippen molar-refractivity contribution in [1.82, 2.24) is 10.2 Å². The first-order valence-electron chi connectivity index (χ1n) is 6.90. The minimum atomic E-state index is -0.275. The third-order valence-electron chi connectivity index (χ3n) is 3.81. The average Bonchev–Trinajstić information content (AvgIpc) is 2.73. The molecule has 108 valence electrons. The Hall–Kier alpha value is -0.750. The molecule has 2 amide bonds. The average molecular weight is 285 g/mol. The summed E-state index contributed by atoms with van der Waals surface area (Å²) in [7, 11) is 0. The maximum atomic E-state index is 12.0. The molecule has 5 nitrogen and oxygen atoms in total. The normalized spacial score (nSPS) is 26.1. The SMILES string of the molecule is CC(C)CC(=O)N1CCC2(CC1)N[C@H](C(N)=O)CS2. The van der Waals surface area contributed by atoms with Gasteiger partial charge >= 0.3 is 0 Å². The standard InChI is InChI=1S/C13H23N3O2S/c1-9(2)7-11(17)16-5-3-13(4-6-16)15-10(8-19-13)12(14)18/h9-10,15H,3-8H2,1-2H3,(H2,14,18)/t10-/m0/s1. The van der Waals surface area contributed by atoms with E-state index in [9.17, 15) is 9.59 Å². The highest BCUT2D eigenvalue weighted by atomic mass is 32.2. The Labute approximate surface area is 118 Å². The van der Waals surface area contributed by atoms with Crippen LogP contribution >= 0.6 is 11.8 Å². The summed E-state index contributed by atoms with van der Waals surface area (Å²) in [4.78, 5) is 25.1. The van der Waals surface area contributed by atoms with Gasteiger partial charge in [-0.25, -0.2) is 0 Å². The lowest BCUT2D eigenvalue weighted by atomic mass is 10.0. The number of likely N-dealkylation sites (tertiary alicyclic amines) is 1. The number of thioether (sulfide) groups is 1. The molecule has 1 spiro atoms. The van der Waals surface area contributed by atoms with Gasteiger partial charge in [-0.15, -0.1) is 11.8 Å². The number of amides is 2. The molecule has 0 saturated carbocycles. The van der Waals surface area contributed by atoms with Crippen molar-refractivity contribution in [3.63, 3.8) is 0 Å². The van der Waals surface area contributed by atoms with Crippen LogP contribution in [-0.2, 0) is 9.59 Å². The van der Waals surface area contributed by atoms with Gasteiger partial charge in [0, 0.05) is 25.3 Å². The van der Waals surface area contributed by atoms with Gasteiger partial charge in [0.25, 0.3) is 0 Å². The zero-order valence-corrected chi connectivity index (χ0v) is 12.5. The molecule has 6 heteroatoms. The summed E-state index contributed by atoms with van der Waals surface area (Å²) in [5.41, 5.74) is 5.34. The first-order chi connectivity index (χ1) is 8.92. The van der Waals surface area contributed by atoms with Crippen LogP contribution in [0.5, 0.6) is 0 Å². The molecule has 2 saturated heterocycles. The summed E-state index contributed by atoms with van der Waals surface area (Å²) in [6.07, 6.45) is 2.41. The van der Waals surface area contributed by atoms with E-state index >= 15 is 0 Å². The Morgan fingerprint density at radius 2 is 2.05 bits per heavy atom. The molecule has 2 heterocycles. The number of hydrogen-bond acceptors (Lipinski definition) is 4. The molecule has 2 aliphatic rings. The van der Waals surface area contributed by atoms with Crippen molar-refractivity contribution < 1.29 is 9.59 Å². The van der Waals surface area contributed by atoms with E-state index in [1.165, 1.54) is 0 Å². The smallest absolute Gasteiger partial charge is 0.235 e. The van der Waals surface area contributed by atoms with Gasteiger partial charge in [0.1, 0.15) is 0 Å². The number of hydrogen-bond donors (Lipinski definition) is 2. The van der Waals surface area contributed by atoms with Gasteiger partial charge in [-0.2, -0.15) is 0 Å². The van der Waals surface area contributed by atoms with E-state index in [1.807, 2.05) is 4.90 Å². The van der Waals surface area contributed by atoms with Gasteiger partial charge in [-0.05, 0) is 18.8 Å². The molecule has 0 aromatic heterocycles. The second-order valence-electron chi connectivity index (χ2n) is 5.88. The summed E-state index contributed by atoms with van der Waals surface area (Å²) in [5.74, 6) is 1.12. The minimum absolute atomic E-state index is 0.0473. The lowest BCUT2D eigenvalue weighted by molar-refractivity contribution is -0.133. The van der Waals surface area contributed by atoms with Crippen LogP contribution in [0, 0.1) is 5.92 Å². The first-order valence-corrected chi connectivity index (χ1v) is 7.89. The molecular formula is C13H23N3O2S. The Kier molecular flexibility index (Phi) is 4.40. The second kappa shape index (κ2) is 5.71. The summed E-state index contributed by atoms with van der Waals surface area (Å²) < 4.78 is 0. The van der Waals surface area contributed by atoms with Crippen LogP contribution in [0.2, 0.25) is 0 Å². The highest BCUT2D eigenvalue weighted by Crippen LogP contribution is 2.39. The van der Waals surface area contributed by atoms with Crippen LogP contribution in [0.15, 0.2) is 0 Å². The molecule has 3 N–H and O–H groups in total. The maximum absolute atomic E-state index is 12.0. The number of piperidine rings is 1. The number of nitrogens with two attached hydrogens (primary N) is 1. The van der Waals surface area contributed by atoms with E-state index in [1.54, 1.807) is 11.8 Å². The third-order valence-corrected chi connectivity index (χ3v) is 5.39. The van der Waals surface area contributed by atoms with E-state index in [0.717, 1.165) is 31.7 Å². The van der Waals surface area contributed by atoms with Gasteiger partial charge in [0.2, 0.25) is 11.8 Å². The second-order valence-corrected chi connectivity index (χ2v) is 7.29. The first kappa shape index (κ1) is 14.7. The minimum Gasteiger partial charge on any atom is -0.368 e. The van der Waals surface area contributed by atoms with Crippen LogP contribution < -0.4 is 11.1 Å². The predicted molar refractivity (Wildman–Crippen MR) is 76.6 cm³/mol. The quantitative estimate of drug-likeness (QED) is 0.793. The van der Waals surface area contributed by atoms with Gasteiger partial charge in [0.05, 0.1) is 10.9 Å². The molecule has 1 atom stereocenters. The molecule has 0 unspecified atom stereocenters. The van der Waals surface area contributed by atoms with Crippen molar-refractivity contribution in [2.45, 2.75) is 44.0 Å². The number of nitrogens with zero attached hydrogens (tertiary/aromatic N) is 1. The Balaban J connectivity index is 1.86. The zero-order valence-electron chi connectivity index (χ0n) is 11.6. The van der Waals surface area contributed by atoms with E-state index in [0.29, 0.717) is 12.3 Å².